The maximum absolute atomic E-state index is 12.6. The van der Waals surface area contributed by atoms with Crippen molar-refractivity contribution in [2.24, 2.45) is 5.92 Å². The fourth-order valence-electron chi connectivity index (χ4n) is 3.24. The molecule has 0 unspecified atom stereocenters. The number of hydrogen-bond donors (Lipinski definition) is 0. The molecule has 1 fully saturated rings. The number of nitrogens with zero attached hydrogens (tertiary/aromatic N) is 5. The highest BCUT2D eigenvalue weighted by Gasteiger charge is 2.25. The molecule has 0 spiro atoms. The van der Waals surface area contributed by atoms with E-state index in [1.54, 1.807) is 44.7 Å². The van der Waals surface area contributed by atoms with Gasteiger partial charge < -0.3 is 9.80 Å². The summed E-state index contributed by atoms with van der Waals surface area (Å²) in [6.07, 6.45) is 7.44. The second kappa shape index (κ2) is 8.03. The van der Waals surface area contributed by atoms with Crippen LogP contribution < -0.4 is 0 Å². The standard InChI is InChI=1S/C19H23N5O2/c1-23(2)19(26)17-10-16(21-13-22-17)9-14-5-4-8-24(12-14)18(25)15-6-3-7-20-11-15/h3,6-7,10-11,13-14H,4-5,8-9,12H2,1-2H3/t14-/m0/s1. The third-order valence-corrected chi connectivity index (χ3v) is 4.56. The van der Waals surface area contributed by atoms with Crippen molar-refractivity contribution in [3.05, 3.63) is 53.9 Å². The number of piperidine rings is 1. The Labute approximate surface area is 153 Å². The van der Waals surface area contributed by atoms with Crippen molar-refractivity contribution in [1.82, 2.24) is 24.8 Å². The van der Waals surface area contributed by atoms with Gasteiger partial charge in [0.25, 0.3) is 11.8 Å². The van der Waals surface area contributed by atoms with Gasteiger partial charge in [-0.25, -0.2) is 9.97 Å². The fraction of sp³-hybridized carbons (Fsp3) is 0.421. The van der Waals surface area contributed by atoms with Gasteiger partial charge in [0.2, 0.25) is 0 Å². The highest BCUT2D eigenvalue weighted by atomic mass is 16.2. The summed E-state index contributed by atoms with van der Waals surface area (Å²) in [4.78, 5) is 40.5. The minimum atomic E-state index is -0.134. The van der Waals surface area contributed by atoms with Crippen LogP contribution in [0.5, 0.6) is 0 Å². The van der Waals surface area contributed by atoms with Crippen molar-refractivity contribution in [3.8, 4) is 0 Å². The molecule has 1 atom stereocenters. The second-order valence-electron chi connectivity index (χ2n) is 6.80. The number of aromatic nitrogens is 3. The highest BCUT2D eigenvalue weighted by molar-refractivity contribution is 5.94. The molecule has 0 aromatic carbocycles. The van der Waals surface area contributed by atoms with Crippen LogP contribution in [0, 0.1) is 5.92 Å². The van der Waals surface area contributed by atoms with Gasteiger partial charge in [-0.2, -0.15) is 0 Å². The predicted octanol–water partition coefficient (Wildman–Crippen LogP) is 1.67. The first-order chi connectivity index (χ1) is 12.5. The van der Waals surface area contributed by atoms with Gasteiger partial charge in [0.1, 0.15) is 12.0 Å². The lowest BCUT2D eigenvalue weighted by Gasteiger charge is -2.32. The molecule has 0 radical (unpaired) electrons. The van der Waals surface area contributed by atoms with E-state index in [1.807, 2.05) is 4.90 Å². The summed E-state index contributed by atoms with van der Waals surface area (Å²) in [5.74, 6) is 0.209. The van der Waals surface area contributed by atoms with Crippen molar-refractivity contribution in [1.29, 1.82) is 0 Å². The maximum atomic E-state index is 12.6. The van der Waals surface area contributed by atoms with E-state index in [-0.39, 0.29) is 11.8 Å². The molecule has 1 saturated heterocycles. The van der Waals surface area contributed by atoms with Crippen molar-refractivity contribution < 1.29 is 9.59 Å². The van der Waals surface area contributed by atoms with Crippen LogP contribution in [0.4, 0.5) is 0 Å². The first-order valence-electron chi connectivity index (χ1n) is 8.76. The molecule has 1 aliphatic rings. The zero-order chi connectivity index (χ0) is 18.5. The summed E-state index contributed by atoms with van der Waals surface area (Å²) < 4.78 is 0. The van der Waals surface area contributed by atoms with Gasteiger partial charge in [0.15, 0.2) is 0 Å². The lowest BCUT2D eigenvalue weighted by molar-refractivity contribution is 0.0672. The number of rotatable bonds is 4. The Morgan fingerprint density at radius 2 is 2.15 bits per heavy atom. The zero-order valence-corrected chi connectivity index (χ0v) is 15.1. The SMILES string of the molecule is CN(C)C(=O)c1cc(C[C@@H]2CCCN(C(=O)c3cccnc3)C2)ncn1. The van der Waals surface area contributed by atoms with Gasteiger partial charge in [-0.05, 0) is 43.4 Å². The maximum Gasteiger partial charge on any atom is 0.272 e. The third kappa shape index (κ3) is 4.22. The van der Waals surface area contributed by atoms with Gasteiger partial charge in [0, 0.05) is 45.3 Å². The molecule has 2 aromatic heterocycles. The molecule has 2 amide bonds. The molecule has 26 heavy (non-hydrogen) atoms. The fourth-order valence-corrected chi connectivity index (χ4v) is 3.24. The summed E-state index contributed by atoms with van der Waals surface area (Å²) in [6.45, 7) is 1.45. The summed E-state index contributed by atoms with van der Waals surface area (Å²) in [5, 5.41) is 0. The van der Waals surface area contributed by atoms with Crippen LogP contribution in [0.2, 0.25) is 0 Å². The molecular formula is C19H23N5O2. The number of hydrogen-bond acceptors (Lipinski definition) is 5. The van der Waals surface area contributed by atoms with E-state index in [0.717, 1.165) is 31.5 Å². The first-order valence-corrected chi connectivity index (χ1v) is 8.76. The second-order valence-corrected chi connectivity index (χ2v) is 6.80. The topological polar surface area (TPSA) is 79.3 Å². The molecule has 7 nitrogen and oxygen atoms in total. The van der Waals surface area contributed by atoms with Crippen LogP contribution in [-0.2, 0) is 6.42 Å². The summed E-state index contributed by atoms with van der Waals surface area (Å²) in [5.41, 5.74) is 1.86. The molecule has 7 heteroatoms. The van der Waals surface area contributed by atoms with Gasteiger partial charge >= 0.3 is 0 Å². The molecule has 0 bridgehead atoms. The van der Waals surface area contributed by atoms with E-state index in [2.05, 4.69) is 15.0 Å². The van der Waals surface area contributed by atoms with Crippen LogP contribution in [-0.4, -0.2) is 63.8 Å². The molecule has 3 heterocycles. The van der Waals surface area contributed by atoms with Crippen molar-refractivity contribution in [2.45, 2.75) is 19.3 Å². The van der Waals surface area contributed by atoms with Crippen LogP contribution in [0.25, 0.3) is 0 Å². The monoisotopic (exact) mass is 353 g/mol. The van der Waals surface area contributed by atoms with E-state index >= 15 is 0 Å². The lowest BCUT2D eigenvalue weighted by Crippen LogP contribution is -2.40. The first kappa shape index (κ1) is 18.0. The average Bonchev–Trinajstić information content (AvgIpc) is 2.68. The van der Waals surface area contributed by atoms with Crippen LogP contribution in [0.15, 0.2) is 36.9 Å². The third-order valence-electron chi connectivity index (χ3n) is 4.56. The van der Waals surface area contributed by atoms with Crippen LogP contribution in [0.1, 0.15) is 39.4 Å². The van der Waals surface area contributed by atoms with Gasteiger partial charge in [-0.15, -0.1) is 0 Å². The van der Waals surface area contributed by atoms with Gasteiger partial charge in [-0.1, -0.05) is 0 Å². The Morgan fingerprint density at radius 1 is 1.31 bits per heavy atom. The van der Waals surface area contributed by atoms with E-state index in [4.69, 9.17) is 0 Å². The largest absolute Gasteiger partial charge is 0.343 e. The van der Waals surface area contributed by atoms with Gasteiger partial charge in [-0.3, -0.25) is 14.6 Å². The lowest BCUT2D eigenvalue weighted by atomic mass is 9.92. The minimum absolute atomic E-state index is 0.0222. The Hall–Kier alpha value is -2.83. The Balaban J connectivity index is 1.66. The normalized spacial score (nSPS) is 17.0. The molecular weight excluding hydrogens is 330 g/mol. The number of amides is 2. The molecule has 136 valence electrons. The molecule has 1 aliphatic heterocycles. The number of carbonyl (C=O) groups is 2. The summed E-state index contributed by atoms with van der Waals surface area (Å²) in [7, 11) is 3.40. The van der Waals surface area contributed by atoms with E-state index in [9.17, 15) is 9.59 Å². The number of carbonyl (C=O) groups excluding carboxylic acids is 2. The van der Waals surface area contributed by atoms with Crippen LogP contribution >= 0.6 is 0 Å². The van der Waals surface area contributed by atoms with E-state index in [1.165, 1.54) is 11.2 Å². The molecule has 3 rings (SSSR count). The van der Waals surface area contributed by atoms with E-state index in [0.29, 0.717) is 23.7 Å². The Kier molecular flexibility index (Phi) is 5.55. The smallest absolute Gasteiger partial charge is 0.272 e. The summed E-state index contributed by atoms with van der Waals surface area (Å²) in [6, 6.07) is 5.32. The number of likely N-dealkylation sites (tertiary alicyclic amines) is 1. The minimum Gasteiger partial charge on any atom is -0.343 e. The quantitative estimate of drug-likeness (QED) is 0.835. The zero-order valence-electron chi connectivity index (χ0n) is 15.1. The molecule has 0 aliphatic carbocycles. The Morgan fingerprint density at radius 3 is 2.88 bits per heavy atom. The van der Waals surface area contributed by atoms with Gasteiger partial charge in [0.05, 0.1) is 5.56 Å². The number of pyridine rings is 1. The molecule has 0 N–H and O–H groups in total. The highest BCUT2D eigenvalue weighted by Crippen LogP contribution is 2.21. The van der Waals surface area contributed by atoms with Crippen molar-refractivity contribution >= 4 is 11.8 Å². The molecule has 0 saturated carbocycles. The predicted molar refractivity (Wildman–Crippen MR) is 96.6 cm³/mol. The molecule has 2 aromatic rings. The van der Waals surface area contributed by atoms with Crippen LogP contribution in [0.3, 0.4) is 0 Å². The van der Waals surface area contributed by atoms with E-state index < -0.39 is 0 Å². The average molecular weight is 353 g/mol. The summed E-state index contributed by atoms with van der Waals surface area (Å²) >= 11 is 0. The van der Waals surface area contributed by atoms with Crippen molar-refractivity contribution in [2.75, 3.05) is 27.2 Å². The van der Waals surface area contributed by atoms with Crippen molar-refractivity contribution in [3.63, 3.8) is 0 Å². The Bertz CT molecular complexity index is 779.